The molecule has 0 amide bonds. The molecule has 0 atom stereocenters. The highest BCUT2D eigenvalue weighted by atomic mass is 32.1. The van der Waals surface area contributed by atoms with Crippen LogP contribution in [0.1, 0.15) is 25.0 Å². The summed E-state index contributed by atoms with van der Waals surface area (Å²) in [5.41, 5.74) is 14.7. The summed E-state index contributed by atoms with van der Waals surface area (Å²) >= 11 is 1.85. The Balaban J connectivity index is 1.07. The van der Waals surface area contributed by atoms with E-state index in [-0.39, 0.29) is 5.41 Å². The zero-order valence-electron chi connectivity index (χ0n) is 28.8. The number of fused-ring (bicyclic) bond motifs is 6. The Labute approximate surface area is 307 Å². The second-order valence-corrected chi connectivity index (χ2v) is 15.2. The van der Waals surface area contributed by atoms with Gasteiger partial charge in [0.05, 0.1) is 11.4 Å². The molecule has 52 heavy (non-hydrogen) atoms. The van der Waals surface area contributed by atoms with Gasteiger partial charge in [-0.15, -0.1) is 11.3 Å². The monoisotopic (exact) mass is 683 g/mol. The van der Waals surface area contributed by atoms with Crippen molar-refractivity contribution in [1.82, 2.24) is 15.0 Å². The number of nitrogens with zero attached hydrogens (tertiary/aromatic N) is 3. The van der Waals surface area contributed by atoms with Crippen molar-refractivity contribution >= 4 is 31.5 Å². The fourth-order valence-electron chi connectivity index (χ4n) is 7.82. The minimum absolute atomic E-state index is 0.100. The van der Waals surface area contributed by atoms with E-state index in [4.69, 9.17) is 9.97 Å². The minimum Gasteiger partial charge on any atom is -0.264 e. The molecule has 10 rings (SSSR count). The van der Waals surface area contributed by atoms with Crippen LogP contribution in [0.5, 0.6) is 0 Å². The lowest BCUT2D eigenvalue weighted by Crippen LogP contribution is -2.14. The van der Waals surface area contributed by atoms with E-state index in [0.717, 1.165) is 39.2 Å². The van der Waals surface area contributed by atoms with Gasteiger partial charge in [-0.1, -0.05) is 129 Å². The molecule has 0 unspecified atom stereocenters. The molecule has 0 saturated heterocycles. The summed E-state index contributed by atoms with van der Waals surface area (Å²) in [6.07, 6.45) is 3.69. The number of hydrogen-bond acceptors (Lipinski definition) is 4. The standard InChI is InChI=1S/C48H33N3S/c1-48(2)41-11-5-3-9-37(41)38-23-21-35(27-42(38)48)44-28-43(50-47(51-44)33-19-15-31(16-20-33)36-8-7-25-49-29-36)32-17-13-30(14-18-32)34-22-24-46-40(26-34)39-10-4-6-12-45(39)52-46/h3-29H,1-2H3. The summed E-state index contributed by atoms with van der Waals surface area (Å²) in [4.78, 5) is 14.7. The highest BCUT2D eigenvalue weighted by molar-refractivity contribution is 7.25. The number of hydrogen-bond donors (Lipinski definition) is 0. The molecule has 246 valence electrons. The first-order valence-electron chi connectivity index (χ1n) is 17.7. The lowest BCUT2D eigenvalue weighted by atomic mass is 9.82. The van der Waals surface area contributed by atoms with Gasteiger partial charge >= 0.3 is 0 Å². The highest BCUT2D eigenvalue weighted by Crippen LogP contribution is 2.49. The second-order valence-electron chi connectivity index (χ2n) is 14.1. The average molecular weight is 684 g/mol. The highest BCUT2D eigenvalue weighted by Gasteiger charge is 2.35. The maximum Gasteiger partial charge on any atom is 0.160 e. The van der Waals surface area contributed by atoms with Crippen LogP contribution in [0.2, 0.25) is 0 Å². The molecule has 0 radical (unpaired) electrons. The molecule has 3 heterocycles. The Hall–Kier alpha value is -6.23. The van der Waals surface area contributed by atoms with E-state index in [1.165, 1.54) is 53.6 Å². The number of thiophene rings is 1. The zero-order chi connectivity index (χ0) is 34.8. The summed E-state index contributed by atoms with van der Waals surface area (Å²) in [5, 5.41) is 2.62. The van der Waals surface area contributed by atoms with Crippen LogP contribution in [-0.4, -0.2) is 15.0 Å². The lowest BCUT2D eigenvalue weighted by molar-refractivity contribution is 0.660. The Morgan fingerprint density at radius 3 is 1.88 bits per heavy atom. The van der Waals surface area contributed by atoms with Gasteiger partial charge in [-0.2, -0.15) is 0 Å². The van der Waals surface area contributed by atoms with Crippen LogP contribution in [-0.2, 0) is 5.41 Å². The van der Waals surface area contributed by atoms with Crippen molar-refractivity contribution in [1.29, 1.82) is 0 Å². The molecule has 0 aliphatic heterocycles. The van der Waals surface area contributed by atoms with Gasteiger partial charge < -0.3 is 0 Å². The third kappa shape index (κ3) is 5.06. The van der Waals surface area contributed by atoms with Gasteiger partial charge in [-0.3, -0.25) is 4.98 Å². The summed E-state index contributed by atoms with van der Waals surface area (Å²) in [5.74, 6) is 0.701. The van der Waals surface area contributed by atoms with Crippen molar-refractivity contribution in [3.8, 4) is 67.3 Å². The van der Waals surface area contributed by atoms with Gasteiger partial charge in [0.25, 0.3) is 0 Å². The molecule has 0 fully saturated rings. The summed E-state index contributed by atoms with van der Waals surface area (Å²) < 4.78 is 2.64. The number of rotatable bonds is 5. The van der Waals surface area contributed by atoms with Crippen molar-refractivity contribution < 1.29 is 0 Å². The maximum absolute atomic E-state index is 5.22. The van der Waals surface area contributed by atoms with E-state index in [2.05, 4.69) is 164 Å². The topological polar surface area (TPSA) is 38.7 Å². The molecular formula is C48H33N3S. The lowest BCUT2D eigenvalue weighted by Gasteiger charge is -2.22. The predicted octanol–water partition coefficient (Wildman–Crippen LogP) is 12.9. The van der Waals surface area contributed by atoms with E-state index in [0.29, 0.717) is 5.82 Å². The second kappa shape index (κ2) is 11.9. The first kappa shape index (κ1) is 30.6. The third-order valence-corrected chi connectivity index (χ3v) is 11.8. The normalized spacial score (nSPS) is 13.0. The van der Waals surface area contributed by atoms with Crippen LogP contribution in [0.25, 0.3) is 87.5 Å². The van der Waals surface area contributed by atoms with Gasteiger partial charge in [-0.25, -0.2) is 9.97 Å². The van der Waals surface area contributed by atoms with Crippen LogP contribution in [0.3, 0.4) is 0 Å². The predicted molar refractivity (Wildman–Crippen MR) is 217 cm³/mol. The number of aromatic nitrogens is 3. The molecule has 9 aromatic rings. The van der Waals surface area contributed by atoms with Crippen molar-refractivity contribution in [2.24, 2.45) is 0 Å². The van der Waals surface area contributed by atoms with E-state index in [1.54, 1.807) is 6.20 Å². The Bertz CT molecular complexity index is 2800. The molecule has 0 saturated carbocycles. The van der Waals surface area contributed by atoms with E-state index < -0.39 is 0 Å². The van der Waals surface area contributed by atoms with E-state index in [9.17, 15) is 0 Å². The van der Waals surface area contributed by atoms with Gasteiger partial charge in [0.2, 0.25) is 0 Å². The molecule has 4 heteroatoms. The van der Waals surface area contributed by atoms with Crippen LogP contribution in [0.15, 0.2) is 164 Å². The molecule has 3 nitrogen and oxygen atoms in total. The van der Waals surface area contributed by atoms with Crippen molar-refractivity contribution in [2.75, 3.05) is 0 Å². The van der Waals surface area contributed by atoms with Crippen LogP contribution >= 0.6 is 11.3 Å². The molecule has 1 aliphatic rings. The summed E-state index contributed by atoms with van der Waals surface area (Å²) in [6.45, 7) is 4.64. The smallest absolute Gasteiger partial charge is 0.160 e. The average Bonchev–Trinajstić information content (AvgIpc) is 3.69. The maximum atomic E-state index is 5.22. The van der Waals surface area contributed by atoms with Gasteiger partial charge in [-0.05, 0) is 80.9 Å². The van der Waals surface area contributed by atoms with E-state index in [1.807, 2.05) is 23.6 Å². The molecule has 3 aromatic heterocycles. The fourth-order valence-corrected chi connectivity index (χ4v) is 8.91. The van der Waals surface area contributed by atoms with Crippen LogP contribution < -0.4 is 0 Å². The summed E-state index contributed by atoms with van der Waals surface area (Å²) in [7, 11) is 0. The van der Waals surface area contributed by atoms with E-state index >= 15 is 0 Å². The largest absolute Gasteiger partial charge is 0.264 e. The Morgan fingerprint density at radius 1 is 0.442 bits per heavy atom. The van der Waals surface area contributed by atoms with Crippen LogP contribution in [0.4, 0.5) is 0 Å². The van der Waals surface area contributed by atoms with Gasteiger partial charge in [0.1, 0.15) is 0 Å². The quantitative estimate of drug-likeness (QED) is 0.181. The molecule has 0 bridgehead atoms. The first-order chi connectivity index (χ1) is 25.5. The summed E-state index contributed by atoms with van der Waals surface area (Å²) in [6, 6.07) is 54.5. The van der Waals surface area contributed by atoms with Crippen molar-refractivity contribution in [3.05, 3.63) is 175 Å². The zero-order valence-corrected chi connectivity index (χ0v) is 29.7. The number of benzene rings is 6. The molecule has 0 N–H and O–H groups in total. The molecular weight excluding hydrogens is 651 g/mol. The van der Waals surface area contributed by atoms with Crippen LogP contribution in [0, 0.1) is 0 Å². The van der Waals surface area contributed by atoms with Crippen molar-refractivity contribution in [2.45, 2.75) is 19.3 Å². The molecule has 0 spiro atoms. The SMILES string of the molecule is CC1(C)c2ccccc2-c2ccc(-c3cc(-c4ccc(-c5ccc6sc7ccccc7c6c5)cc4)nc(-c4ccc(-c5cccnc5)cc4)n3)cc21. The minimum atomic E-state index is -0.100. The first-order valence-corrected chi connectivity index (χ1v) is 18.5. The van der Waals surface area contributed by atoms with Gasteiger partial charge in [0.15, 0.2) is 5.82 Å². The van der Waals surface area contributed by atoms with Crippen molar-refractivity contribution in [3.63, 3.8) is 0 Å². The molecule has 1 aliphatic carbocycles. The Kier molecular flexibility index (Phi) is 7.02. The third-order valence-electron chi connectivity index (χ3n) is 10.6. The molecule has 6 aromatic carbocycles. The van der Waals surface area contributed by atoms with Gasteiger partial charge in [0, 0.05) is 54.7 Å². The number of pyridine rings is 1. The fraction of sp³-hybridized carbons (Fsp3) is 0.0625. The Morgan fingerprint density at radius 2 is 1.08 bits per heavy atom.